The van der Waals surface area contributed by atoms with Crippen LogP contribution in [0.5, 0.6) is 0 Å². The molecule has 6 heteroatoms. The second-order valence-electron chi connectivity index (χ2n) is 7.36. The van der Waals surface area contributed by atoms with E-state index in [1.807, 2.05) is 24.4 Å². The average Bonchev–Trinajstić information content (AvgIpc) is 3.15. The number of rotatable bonds is 6. The van der Waals surface area contributed by atoms with Crippen LogP contribution in [0.4, 0.5) is 11.5 Å². The molecular weight excluding hydrogens is 338 g/mol. The van der Waals surface area contributed by atoms with Crippen molar-refractivity contribution in [1.82, 2.24) is 15.0 Å². The highest BCUT2D eigenvalue weighted by atomic mass is 16.1. The molecule has 0 spiro atoms. The number of aromatic nitrogens is 3. The summed E-state index contributed by atoms with van der Waals surface area (Å²) < 4.78 is 0. The van der Waals surface area contributed by atoms with Gasteiger partial charge in [0.2, 0.25) is 0 Å². The highest BCUT2D eigenvalue weighted by molar-refractivity contribution is 5.87. The molecule has 0 aliphatic carbocycles. The Morgan fingerprint density at radius 3 is 3.15 bits per heavy atom. The van der Waals surface area contributed by atoms with Crippen LogP contribution in [0.1, 0.15) is 24.8 Å². The van der Waals surface area contributed by atoms with Gasteiger partial charge in [-0.15, -0.1) is 0 Å². The van der Waals surface area contributed by atoms with Crippen LogP contribution in [0.25, 0.3) is 11.0 Å². The summed E-state index contributed by atoms with van der Waals surface area (Å²) in [5.41, 5.74) is 3.06. The van der Waals surface area contributed by atoms with Gasteiger partial charge in [-0.1, -0.05) is 12.1 Å². The molecule has 1 aromatic carbocycles. The number of nitrogens with zero attached hydrogens (tertiary/aromatic N) is 3. The molecule has 2 N–H and O–H groups in total. The third kappa shape index (κ3) is 4.10. The second kappa shape index (κ2) is 7.78. The molecule has 1 aliphatic rings. The summed E-state index contributed by atoms with van der Waals surface area (Å²) in [5, 5.41) is 4.30. The molecule has 4 rings (SSSR count). The summed E-state index contributed by atoms with van der Waals surface area (Å²) in [6.45, 7) is 4.28. The van der Waals surface area contributed by atoms with E-state index in [2.05, 4.69) is 44.2 Å². The number of hydrogen-bond donors (Lipinski definition) is 2. The van der Waals surface area contributed by atoms with Crippen LogP contribution in [0.15, 0.2) is 42.9 Å². The number of fused-ring (bicyclic) bond motifs is 1. The molecule has 3 heterocycles. The molecule has 1 atom stereocenters. The van der Waals surface area contributed by atoms with Crippen molar-refractivity contribution in [3.8, 4) is 0 Å². The third-order valence-electron chi connectivity index (χ3n) is 5.18. The van der Waals surface area contributed by atoms with Crippen molar-refractivity contribution >= 4 is 28.3 Å². The molecule has 0 bridgehead atoms. The van der Waals surface area contributed by atoms with E-state index in [4.69, 9.17) is 0 Å². The van der Waals surface area contributed by atoms with Gasteiger partial charge in [0, 0.05) is 31.4 Å². The van der Waals surface area contributed by atoms with E-state index in [0.29, 0.717) is 18.9 Å². The molecule has 2 aromatic heterocycles. The molecule has 1 aliphatic heterocycles. The Morgan fingerprint density at radius 1 is 1.33 bits per heavy atom. The lowest BCUT2D eigenvalue weighted by atomic mass is 9.92. The Labute approximate surface area is 159 Å². The fourth-order valence-corrected chi connectivity index (χ4v) is 3.88. The number of aryl methyl sites for hydroxylation is 1. The molecule has 140 valence electrons. The predicted molar refractivity (Wildman–Crippen MR) is 108 cm³/mol. The quantitative estimate of drug-likeness (QED) is 0.700. The Balaban J connectivity index is 1.35. The fraction of sp³-hybridized carbons (Fsp3) is 0.381. The van der Waals surface area contributed by atoms with E-state index in [1.165, 1.54) is 5.56 Å². The molecule has 1 unspecified atom stereocenters. The number of benzene rings is 1. The molecule has 0 saturated carbocycles. The number of anilines is 2. The normalized spacial score (nSPS) is 17.2. The van der Waals surface area contributed by atoms with Crippen molar-refractivity contribution in [2.75, 3.05) is 29.9 Å². The zero-order chi connectivity index (χ0) is 18.6. The summed E-state index contributed by atoms with van der Waals surface area (Å²) >= 11 is 0. The summed E-state index contributed by atoms with van der Waals surface area (Å²) in [5.74, 6) is 1.60. The van der Waals surface area contributed by atoms with Gasteiger partial charge in [-0.25, -0.2) is 9.97 Å². The number of H-pyrrole nitrogens is 1. The van der Waals surface area contributed by atoms with E-state index in [0.717, 1.165) is 48.5 Å². The van der Waals surface area contributed by atoms with E-state index >= 15 is 0 Å². The Morgan fingerprint density at radius 2 is 2.26 bits per heavy atom. The average molecular weight is 363 g/mol. The molecule has 1 saturated heterocycles. The van der Waals surface area contributed by atoms with Gasteiger partial charge >= 0.3 is 0 Å². The molecule has 0 amide bonds. The van der Waals surface area contributed by atoms with Crippen molar-refractivity contribution in [2.45, 2.75) is 26.2 Å². The SMILES string of the molecule is Cc1cccc(NCC(=O)CC2CCCN(c3ncnc4[nH]ccc34)C2)c1. The number of aromatic amines is 1. The number of carbonyl (C=O) groups is 1. The standard InChI is InChI=1S/C21H25N5O/c1-15-4-2-6-17(10-15)23-12-18(27)11-16-5-3-9-26(13-16)21-19-7-8-22-20(19)24-14-25-21/h2,4,6-8,10,14,16,23H,3,5,9,11-13H2,1H3,(H,22,24,25). The lowest BCUT2D eigenvalue weighted by Crippen LogP contribution is -2.37. The van der Waals surface area contributed by atoms with Crippen molar-refractivity contribution in [3.05, 3.63) is 48.4 Å². The predicted octanol–water partition coefficient (Wildman–Crippen LogP) is 3.55. The largest absolute Gasteiger partial charge is 0.378 e. The maximum absolute atomic E-state index is 12.5. The monoisotopic (exact) mass is 363 g/mol. The van der Waals surface area contributed by atoms with E-state index < -0.39 is 0 Å². The zero-order valence-corrected chi connectivity index (χ0v) is 15.6. The molecule has 0 radical (unpaired) electrons. The van der Waals surface area contributed by atoms with Crippen LogP contribution in [-0.4, -0.2) is 40.4 Å². The van der Waals surface area contributed by atoms with Crippen LogP contribution in [-0.2, 0) is 4.79 Å². The third-order valence-corrected chi connectivity index (χ3v) is 5.18. The van der Waals surface area contributed by atoms with E-state index in [9.17, 15) is 4.79 Å². The van der Waals surface area contributed by atoms with Gasteiger partial charge in [-0.3, -0.25) is 4.79 Å². The smallest absolute Gasteiger partial charge is 0.152 e. The molecule has 1 fully saturated rings. The topological polar surface area (TPSA) is 73.9 Å². The fourth-order valence-electron chi connectivity index (χ4n) is 3.88. The van der Waals surface area contributed by atoms with Crippen molar-refractivity contribution < 1.29 is 4.79 Å². The van der Waals surface area contributed by atoms with E-state index in [-0.39, 0.29) is 5.78 Å². The minimum atomic E-state index is 0.262. The van der Waals surface area contributed by atoms with Gasteiger partial charge in [-0.2, -0.15) is 0 Å². The van der Waals surface area contributed by atoms with Crippen molar-refractivity contribution in [1.29, 1.82) is 0 Å². The Hall–Kier alpha value is -2.89. The number of hydrogen-bond acceptors (Lipinski definition) is 5. The first-order valence-corrected chi connectivity index (χ1v) is 9.54. The van der Waals surface area contributed by atoms with Crippen LogP contribution in [0.2, 0.25) is 0 Å². The number of carbonyl (C=O) groups excluding carboxylic acids is 1. The number of ketones is 1. The van der Waals surface area contributed by atoms with Gasteiger partial charge in [-0.05, 0) is 49.4 Å². The number of piperidine rings is 1. The minimum Gasteiger partial charge on any atom is -0.378 e. The lowest BCUT2D eigenvalue weighted by Gasteiger charge is -2.33. The summed E-state index contributed by atoms with van der Waals surface area (Å²) in [4.78, 5) is 26.7. The van der Waals surface area contributed by atoms with Crippen molar-refractivity contribution in [2.24, 2.45) is 5.92 Å². The molecular formula is C21H25N5O. The van der Waals surface area contributed by atoms with Crippen LogP contribution < -0.4 is 10.2 Å². The van der Waals surface area contributed by atoms with Crippen LogP contribution in [0, 0.1) is 12.8 Å². The maximum Gasteiger partial charge on any atom is 0.152 e. The second-order valence-corrected chi connectivity index (χ2v) is 7.36. The van der Waals surface area contributed by atoms with Gasteiger partial charge < -0.3 is 15.2 Å². The van der Waals surface area contributed by atoms with Gasteiger partial charge in [0.05, 0.1) is 11.9 Å². The Kier molecular flexibility index (Phi) is 5.05. The highest BCUT2D eigenvalue weighted by Gasteiger charge is 2.24. The van der Waals surface area contributed by atoms with Crippen LogP contribution in [0.3, 0.4) is 0 Å². The summed E-state index contributed by atoms with van der Waals surface area (Å²) in [7, 11) is 0. The number of Topliss-reactive ketones (excluding diaryl/α,β-unsaturated/α-hetero) is 1. The Bertz CT molecular complexity index is 935. The first-order valence-electron chi connectivity index (χ1n) is 9.54. The van der Waals surface area contributed by atoms with Gasteiger partial charge in [0.1, 0.15) is 17.8 Å². The maximum atomic E-state index is 12.5. The van der Waals surface area contributed by atoms with Crippen molar-refractivity contribution in [3.63, 3.8) is 0 Å². The minimum absolute atomic E-state index is 0.262. The van der Waals surface area contributed by atoms with Gasteiger partial charge in [0.15, 0.2) is 5.78 Å². The van der Waals surface area contributed by atoms with Gasteiger partial charge in [0.25, 0.3) is 0 Å². The van der Waals surface area contributed by atoms with Crippen LogP contribution >= 0.6 is 0 Å². The zero-order valence-electron chi connectivity index (χ0n) is 15.6. The molecule has 6 nitrogen and oxygen atoms in total. The first kappa shape index (κ1) is 17.5. The van der Waals surface area contributed by atoms with E-state index in [1.54, 1.807) is 6.33 Å². The summed E-state index contributed by atoms with van der Waals surface area (Å²) in [6, 6.07) is 10.1. The highest BCUT2D eigenvalue weighted by Crippen LogP contribution is 2.28. The lowest BCUT2D eigenvalue weighted by molar-refractivity contribution is -0.118. The first-order chi connectivity index (χ1) is 13.2. The molecule has 27 heavy (non-hydrogen) atoms. The number of nitrogens with one attached hydrogen (secondary N) is 2. The molecule has 3 aromatic rings. The summed E-state index contributed by atoms with van der Waals surface area (Å²) in [6.07, 6.45) is 6.28.